The lowest BCUT2D eigenvalue weighted by Crippen LogP contribution is -2.38. The average Bonchev–Trinajstić information content (AvgIpc) is 2.26. The van der Waals surface area contributed by atoms with E-state index in [9.17, 15) is 4.79 Å². The van der Waals surface area contributed by atoms with Gasteiger partial charge in [-0.2, -0.15) is 0 Å². The highest BCUT2D eigenvalue weighted by molar-refractivity contribution is 6.11. The molecule has 4 heteroatoms. The first-order chi connectivity index (χ1) is 6.88. The Balaban J connectivity index is 2.50. The van der Waals surface area contributed by atoms with E-state index in [0.717, 1.165) is 25.8 Å². The number of nitrogens with zero attached hydrogens (tertiary/aromatic N) is 1. The molecule has 0 saturated carbocycles. The standard InChI is InChI=1S/C11H20BNO2/c1-11(2,3)15-10(14)13-7-5-4-6-9(12)8-13/h9H,4-8H2,1-3H3/t9-/m1/s1. The summed E-state index contributed by atoms with van der Waals surface area (Å²) >= 11 is 0. The maximum Gasteiger partial charge on any atom is 0.410 e. The zero-order chi connectivity index (χ0) is 11.5. The number of likely N-dealkylation sites (tertiary alicyclic amines) is 1. The van der Waals surface area contributed by atoms with Crippen LogP contribution in [-0.4, -0.2) is 37.5 Å². The predicted molar refractivity (Wildman–Crippen MR) is 61.2 cm³/mol. The summed E-state index contributed by atoms with van der Waals surface area (Å²) in [6.45, 7) is 7.02. The molecule has 0 aromatic carbocycles. The molecular formula is C11H20BNO2. The van der Waals surface area contributed by atoms with Crippen molar-refractivity contribution in [2.75, 3.05) is 13.1 Å². The van der Waals surface area contributed by atoms with E-state index in [1.165, 1.54) is 0 Å². The van der Waals surface area contributed by atoms with Crippen LogP contribution >= 0.6 is 0 Å². The van der Waals surface area contributed by atoms with Crippen LogP contribution in [-0.2, 0) is 4.74 Å². The minimum Gasteiger partial charge on any atom is -0.444 e. The normalized spacial score (nSPS) is 23.4. The Morgan fingerprint density at radius 2 is 2.07 bits per heavy atom. The van der Waals surface area contributed by atoms with E-state index in [1.807, 2.05) is 20.8 Å². The van der Waals surface area contributed by atoms with Crippen LogP contribution in [0.25, 0.3) is 0 Å². The third-order valence-electron chi connectivity index (χ3n) is 2.36. The van der Waals surface area contributed by atoms with Crippen molar-refractivity contribution in [1.82, 2.24) is 4.90 Å². The summed E-state index contributed by atoms with van der Waals surface area (Å²) in [5, 5.41) is 0. The van der Waals surface area contributed by atoms with Crippen molar-refractivity contribution in [2.24, 2.45) is 0 Å². The molecule has 0 unspecified atom stereocenters. The van der Waals surface area contributed by atoms with E-state index < -0.39 is 5.60 Å². The molecule has 1 amide bonds. The summed E-state index contributed by atoms with van der Waals surface area (Å²) in [7, 11) is 5.88. The smallest absolute Gasteiger partial charge is 0.410 e. The molecule has 2 radical (unpaired) electrons. The molecule has 1 heterocycles. The van der Waals surface area contributed by atoms with E-state index in [0.29, 0.717) is 6.54 Å². The Bertz CT molecular complexity index is 225. The minimum atomic E-state index is -0.423. The molecule has 0 aliphatic carbocycles. The van der Waals surface area contributed by atoms with Crippen LogP contribution in [0.5, 0.6) is 0 Å². The molecule has 1 aliphatic rings. The molecule has 0 spiro atoms. The van der Waals surface area contributed by atoms with Crippen LogP contribution in [0, 0.1) is 0 Å². The number of amides is 1. The molecule has 1 atom stereocenters. The van der Waals surface area contributed by atoms with Crippen molar-refractivity contribution in [1.29, 1.82) is 0 Å². The van der Waals surface area contributed by atoms with Gasteiger partial charge in [0.05, 0.1) is 7.85 Å². The Morgan fingerprint density at radius 1 is 1.40 bits per heavy atom. The Labute approximate surface area is 93.6 Å². The van der Waals surface area contributed by atoms with Gasteiger partial charge in [0.25, 0.3) is 0 Å². The molecule has 1 aliphatic heterocycles. The van der Waals surface area contributed by atoms with Gasteiger partial charge in [0.2, 0.25) is 0 Å². The molecule has 3 nitrogen and oxygen atoms in total. The molecule has 0 aromatic heterocycles. The molecule has 15 heavy (non-hydrogen) atoms. The summed E-state index contributed by atoms with van der Waals surface area (Å²) in [4.78, 5) is 13.5. The van der Waals surface area contributed by atoms with Crippen LogP contribution in [0.4, 0.5) is 4.79 Å². The zero-order valence-electron chi connectivity index (χ0n) is 9.95. The molecule has 84 valence electrons. The van der Waals surface area contributed by atoms with Crippen LogP contribution in [0.3, 0.4) is 0 Å². The maximum atomic E-state index is 11.8. The second-order valence-corrected chi connectivity index (χ2v) is 5.18. The quantitative estimate of drug-likeness (QED) is 0.573. The predicted octanol–water partition coefficient (Wildman–Crippen LogP) is 2.36. The van der Waals surface area contributed by atoms with E-state index in [4.69, 9.17) is 12.6 Å². The summed E-state index contributed by atoms with van der Waals surface area (Å²) in [6.07, 6.45) is 2.88. The van der Waals surface area contributed by atoms with Gasteiger partial charge in [-0.3, -0.25) is 0 Å². The highest BCUT2D eigenvalue weighted by Gasteiger charge is 2.24. The van der Waals surface area contributed by atoms with Crippen LogP contribution in [0.2, 0.25) is 5.82 Å². The minimum absolute atomic E-state index is 0.0972. The number of rotatable bonds is 0. The lowest BCUT2D eigenvalue weighted by Gasteiger charge is -2.27. The summed E-state index contributed by atoms with van der Waals surface area (Å²) in [5.41, 5.74) is -0.423. The molecule has 1 saturated heterocycles. The third kappa shape index (κ3) is 4.58. The van der Waals surface area contributed by atoms with Gasteiger partial charge >= 0.3 is 6.09 Å². The van der Waals surface area contributed by atoms with E-state index in [2.05, 4.69) is 0 Å². The summed E-state index contributed by atoms with van der Waals surface area (Å²) in [5.74, 6) is 0.0972. The van der Waals surface area contributed by atoms with Crippen molar-refractivity contribution < 1.29 is 9.53 Å². The number of carbonyl (C=O) groups is 1. The van der Waals surface area contributed by atoms with Crippen molar-refractivity contribution >= 4 is 13.9 Å². The topological polar surface area (TPSA) is 29.5 Å². The monoisotopic (exact) mass is 209 g/mol. The Hall–Kier alpha value is -0.665. The van der Waals surface area contributed by atoms with Gasteiger partial charge in [-0.05, 0) is 27.2 Å². The second-order valence-electron chi connectivity index (χ2n) is 5.18. The first kappa shape index (κ1) is 12.4. The number of hydrogen-bond acceptors (Lipinski definition) is 2. The molecular weight excluding hydrogens is 189 g/mol. The van der Waals surface area contributed by atoms with Crippen LogP contribution in [0.1, 0.15) is 40.0 Å². The van der Waals surface area contributed by atoms with E-state index in [-0.39, 0.29) is 11.9 Å². The summed E-state index contributed by atoms with van der Waals surface area (Å²) in [6, 6.07) is 0. The summed E-state index contributed by atoms with van der Waals surface area (Å²) < 4.78 is 5.31. The molecule has 0 bridgehead atoms. The highest BCUT2D eigenvalue weighted by Crippen LogP contribution is 2.20. The fourth-order valence-electron chi connectivity index (χ4n) is 1.67. The number of ether oxygens (including phenoxy) is 1. The Kier molecular flexibility index (Phi) is 4.06. The van der Waals surface area contributed by atoms with Crippen molar-refractivity contribution in [3.8, 4) is 0 Å². The lowest BCUT2D eigenvalue weighted by atomic mass is 9.84. The van der Waals surface area contributed by atoms with Gasteiger partial charge in [0, 0.05) is 13.1 Å². The van der Waals surface area contributed by atoms with Crippen molar-refractivity contribution in [3.63, 3.8) is 0 Å². The van der Waals surface area contributed by atoms with Gasteiger partial charge in [-0.25, -0.2) is 4.79 Å². The second kappa shape index (κ2) is 4.91. The highest BCUT2D eigenvalue weighted by atomic mass is 16.6. The average molecular weight is 209 g/mol. The molecule has 0 N–H and O–H groups in total. The first-order valence-electron chi connectivity index (χ1n) is 5.62. The lowest BCUT2D eigenvalue weighted by molar-refractivity contribution is 0.0257. The van der Waals surface area contributed by atoms with Crippen molar-refractivity contribution in [3.05, 3.63) is 0 Å². The maximum absolute atomic E-state index is 11.8. The van der Waals surface area contributed by atoms with Crippen molar-refractivity contribution in [2.45, 2.75) is 51.5 Å². The first-order valence-corrected chi connectivity index (χ1v) is 5.62. The van der Waals surface area contributed by atoms with Crippen LogP contribution < -0.4 is 0 Å². The van der Waals surface area contributed by atoms with Crippen LogP contribution in [0.15, 0.2) is 0 Å². The van der Waals surface area contributed by atoms with Gasteiger partial charge in [-0.1, -0.05) is 18.7 Å². The zero-order valence-corrected chi connectivity index (χ0v) is 9.95. The molecule has 1 fully saturated rings. The van der Waals surface area contributed by atoms with Gasteiger partial charge in [-0.15, -0.1) is 0 Å². The third-order valence-corrected chi connectivity index (χ3v) is 2.36. The fraction of sp³-hybridized carbons (Fsp3) is 0.909. The molecule has 0 aromatic rings. The van der Waals surface area contributed by atoms with E-state index in [1.54, 1.807) is 4.90 Å². The fourth-order valence-corrected chi connectivity index (χ4v) is 1.67. The SMILES string of the molecule is [B][C@@H]1CCCCN(C(=O)OC(C)(C)C)C1. The molecule has 1 rings (SSSR count). The van der Waals surface area contributed by atoms with Gasteiger partial charge in [0.15, 0.2) is 0 Å². The van der Waals surface area contributed by atoms with Gasteiger partial charge < -0.3 is 9.64 Å². The largest absolute Gasteiger partial charge is 0.444 e. The van der Waals surface area contributed by atoms with E-state index >= 15 is 0 Å². The van der Waals surface area contributed by atoms with Gasteiger partial charge in [0.1, 0.15) is 5.60 Å². The Morgan fingerprint density at radius 3 is 2.67 bits per heavy atom. The number of carbonyl (C=O) groups excluding carboxylic acids is 1. The number of hydrogen-bond donors (Lipinski definition) is 0.